The summed E-state index contributed by atoms with van der Waals surface area (Å²) >= 11 is 5.94. The molecule has 78 valence electrons. The second-order valence-electron chi connectivity index (χ2n) is 4.40. The van der Waals surface area contributed by atoms with Crippen molar-refractivity contribution in [2.24, 2.45) is 5.92 Å². The summed E-state index contributed by atoms with van der Waals surface area (Å²) in [6, 6.07) is 0. The van der Waals surface area contributed by atoms with Gasteiger partial charge in [-0.3, -0.25) is 0 Å². The lowest BCUT2D eigenvalue weighted by Crippen LogP contribution is -2.35. The van der Waals surface area contributed by atoms with Crippen LogP contribution in [0.25, 0.3) is 0 Å². The van der Waals surface area contributed by atoms with Gasteiger partial charge in [0.1, 0.15) is 0 Å². The van der Waals surface area contributed by atoms with E-state index in [0.29, 0.717) is 5.38 Å². The number of halogens is 1. The summed E-state index contributed by atoms with van der Waals surface area (Å²) in [5, 5.41) is 0.481. The van der Waals surface area contributed by atoms with Crippen LogP contribution in [0.4, 0.5) is 0 Å². The molecule has 0 aromatic heterocycles. The van der Waals surface area contributed by atoms with Crippen molar-refractivity contribution in [3.63, 3.8) is 0 Å². The van der Waals surface area contributed by atoms with E-state index in [2.05, 4.69) is 18.9 Å². The smallest absolute Gasteiger partial charge is 0.0342 e. The maximum Gasteiger partial charge on any atom is 0.0342 e. The number of hydrogen-bond donors (Lipinski definition) is 0. The Labute approximate surface area is 87.4 Å². The lowest BCUT2D eigenvalue weighted by molar-refractivity contribution is 0.207. The second-order valence-corrected chi connectivity index (χ2v) is 5.02. The zero-order valence-electron chi connectivity index (χ0n) is 8.93. The Morgan fingerprint density at radius 1 is 1.31 bits per heavy atom. The molecule has 1 aliphatic rings. The normalized spacial score (nSPS) is 27.7. The Hall–Kier alpha value is 0.250. The van der Waals surface area contributed by atoms with E-state index in [9.17, 15) is 0 Å². The molecule has 13 heavy (non-hydrogen) atoms. The maximum atomic E-state index is 5.94. The van der Waals surface area contributed by atoms with Gasteiger partial charge in [-0.05, 0) is 38.8 Å². The molecular weight excluding hydrogens is 182 g/mol. The highest BCUT2D eigenvalue weighted by atomic mass is 35.5. The standard InChI is InChI=1S/C11H22ClN/c1-3-4-5-6-13(2)9-10-7-11(12)8-10/h10-11H,3-9H2,1-2H3. The molecule has 0 aromatic carbocycles. The van der Waals surface area contributed by atoms with E-state index in [0.717, 1.165) is 5.92 Å². The van der Waals surface area contributed by atoms with Gasteiger partial charge in [-0.2, -0.15) is 0 Å². The monoisotopic (exact) mass is 203 g/mol. The molecular formula is C11H22ClN. The number of hydrogen-bond acceptors (Lipinski definition) is 1. The van der Waals surface area contributed by atoms with E-state index in [-0.39, 0.29) is 0 Å². The Morgan fingerprint density at radius 2 is 2.00 bits per heavy atom. The third-order valence-electron chi connectivity index (χ3n) is 2.89. The summed E-state index contributed by atoms with van der Waals surface area (Å²) < 4.78 is 0. The second kappa shape index (κ2) is 5.87. The van der Waals surface area contributed by atoms with Crippen molar-refractivity contribution in [2.45, 2.75) is 44.4 Å². The molecule has 1 aliphatic carbocycles. The average molecular weight is 204 g/mol. The molecule has 0 aromatic rings. The van der Waals surface area contributed by atoms with E-state index in [1.54, 1.807) is 0 Å². The highest BCUT2D eigenvalue weighted by molar-refractivity contribution is 6.21. The number of unbranched alkanes of at least 4 members (excludes halogenated alkanes) is 2. The molecule has 0 aliphatic heterocycles. The molecule has 0 spiro atoms. The third-order valence-corrected chi connectivity index (χ3v) is 3.25. The van der Waals surface area contributed by atoms with Crippen LogP contribution in [-0.2, 0) is 0 Å². The molecule has 1 nitrogen and oxygen atoms in total. The Morgan fingerprint density at radius 3 is 2.54 bits per heavy atom. The van der Waals surface area contributed by atoms with Crippen LogP contribution in [-0.4, -0.2) is 30.4 Å². The molecule has 0 saturated heterocycles. The van der Waals surface area contributed by atoms with Crippen LogP contribution in [0.5, 0.6) is 0 Å². The zero-order chi connectivity index (χ0) is 9.68. The summed E-state index contributed by atoms with van der Waals surface area (Å²) in [5.41, 5.74) is 0. The van der Waals surface area contributed by atoms with Crippen LogP contribution in [0.1, 0.15) is 39.0 Å². The predicted molar refractivity (Wildman–Crippen MR) is 59.4 cm³/mol. The Bertz CT molecular complexity index is 132. The quantitative estimate of drug-likeness (QED) is 0.474. The number of alkyl halides is 1. The highest BCUT2D eigenvalue weighted by Gasteiger charge is 2.27. The molecule has 0 radical (unpaired) electrons. The molecule has 2 heteroatoms. The molecule has 0 amide bonds. The van der Waals surface area contributed by atoms with Crippen molar-refractivity contribution < 1.29 is 0 Å². The summed E-state index contributed by atoms with van der Waals surface area (Å²) in [6.07, 6.45) is 6.51. The van der Waals surface area contributed by atoms with Crippen molar-refractivity contribution in [3.05, 3.63) is 0 Å². The van der Waals surface area contributed by atoms with Gasteiger partial charge in [0.15, 0.2) is 0 Å². The van der Waals surface area contributed by atoms with Crippen molar-refractivity contribution in [3.8, 4) is 0 Å². The average Bonchev–Trinajstić information content (AvgIpc) is 2.02. The van der Waals surface area contributed by atoms with Gasteiger partial charge in [0, 0.05) is 11.9 Å². The largest absolute Gasteiger partial charge is 0.306 e. The predicted octanol–water partition coefficient (Wildman–Crippen LogP) is 3.13. The molecule has 1 rings (SSSR count). The fourth-order valence-electron chi connectivity index (χ4n) is 1.97. The van der Waals surface area contributed by atoms with Gasteiger partial charge in [-0.15, -0.1) is 11.6 Å². The van der Waals surface area contributed by atoms with Gasteiger partial charge in [0.2, 0.25) is 0 Å². The first-order valence-electron chi connectivity index (χ1n) is 5.55. The molecule has 1 saturated carbocycles. The van der Waals surface area contributed by atoms with Crippen LogP contribution in [0.2, 0.25) is 0 Å². The van der Waals surface area contributed by atoms with Crippen molar-refractivity contribution in [2.75, 3.05) is 20.1 Å². The van der Waals surface area contributed by atoms with Gasteiger partial charge >= 0.3 is 0 Å². The van der Waals surface area contributed by atoms with Crippen molar-refractivity contribution in [1.29, 1.82) is 0 Å². The topological polar surface area (TPSA) is 3.24 Å². The van der Waals surface area contributed by atoms with E-state index in [1.165, 1.54) is 45.2 Å². The Balaban J connectivity index is 1.95. The minimum absolute atomic E-state index is 0.481. The van der Waals surface area contributed by atoms with Crippen LogP contribution in [0.3, 0.4) is 0 Å². The zero-order valence-corrected chi connectivity index (χ0v) is 9.69. The maximum absolute atomic E-state index is 5.94. The van der Waals surface area contributed by atoms with Crippen molar-refractivity contribution >= 4 is 11.6 Å². The fourth-order valence-corrected chi connectivity index (χ4v) is 2.47. The SMILES string of the molecule is CCCCCN(C)CC1CC(Cl)C1. The molecule has 0 bridgehead atoms. The first kappa shape index (κ1) is 11.3. The van der Waals surface area contributed by atoms with Gasteiger partial charge in [-0.25, -0.2) is 0 Å². The molecule has 0 N–H and O–H groups in total. The van der Waals surface area contributed by atoms with E-state index >= 15 is 0 Å². The Kier molecular flexibility index (Phi) is 5.12. The highest BCUT2D eigenvalue weighted by Crippen LogP contribution is 2.32. The van der Waals surface area contributed by atoms with Gasteiger partial charge in [0.05, 0.1) is 0 Å². The lowest BCUT2D eigenvalue weighted by atomic mass is 9.84. The van der Waals surface area contributed by atoms with Crippen LogP contribution >= 0.6 is 11.6 Å². The summed E-state index contributed by atoms with van der Waals surface area (Å²) in [6.45, 7) is 4.77. The molecule has 1 fully saturated rings. The van der Waals surface area contributed by atoms with Crippen molar-refractivity contribution in [1.82, 2.24) is 4.90 Å². The fraction of sp³-hybridized carbons (Fsp3) is 1.00. The first-order chi connectivity index (χ1) is 6.22. The molecule has 0 heterocycles. The number of nitrogens with zero attached hydrogens (tertiary/aromatic N) is 1. The molecule has 0 unspecified atom stereocenters. The van der Waals surface area contributed by atoms with Crippen LogP contribution < -0.4 is 0 Å². The van der Waals surface area contributed by atoms with Gasteiger partial charge in [-0.1, -0.05) is 19.8 Å². The van der Waals surface area contributed by atoms with Gasteiger partial charge in [0.25, 0.3) is 0 Å². The van der Waals surface area contributed by atoms with Gasteiger partial charge < -0.3 is 4.90 Å². The summed E-state index contributed by atoms with van der Waals surface area (Å²) in [5.74, 6) is 0.883. The van der Waals surface area contributed by atoms with Crippen LogP contribution in [0.15, 0.2) is 0 Å². The minimum atomic E-state index is 0.481. The summed E-state index contributed by atoms with van der Waals surface area (Å²) in [4.78, 5) is 2.46. The van der Waals surface area contributed by atoms with E-state index in [4.69, 9.17) is 11.6 Å². The van der Waals surface area contributed by atoms with E-state index < -0.39 is 0 Å². The lowest BCUT2D eigenvalue weighted by Gasteiger charge is -2.34. The minimum Gasteiger partial charge on any atom is -0.306 e. The number of rotatable bonds is 6. The molecule has 0 atom stereocenters. The van der Waals surface area contributed by atoms with Crippen LogP contribution in [0, 0.1) is 5.92 Å². The third kappa shape index (κ3) is 4.33. The first-order valence-corrected chi connectivity index (χ1v) is 5.98. The van der Waals surface area contributed by atoms with E-state index in [1.807, 2.05) is 0 Å². The summed E-state index contributed by atoms with van der Waals surface area (Å²) in [7, 11) is 2.23.